The average molecular weight is 275 g/mol. The summed E-state index contributed by atoms with van der Waals surface area (Å²) in [5, 5.41) is 0. The van der Waals surface area contributed by atoms with Gasteiger partial charge in [-0.15, -0.1) is 11.3 Å². The zero-order valence-corrected chi connectivity index (χ0v) is 11.4. The molecule has 2 aromatic rings. The van der Waals surface area contributed by atoms with E-state index in [0.29, 0.717) is 16.4 Å². The molecule has 0 aliphatic carbocycles. The maximum Gasteiger partial charge on any atom is 0.355 e. The van der Waals surface area contributed by atoms with Crippen molar-refractivity contribution in [2.45, 2.75) is 6.92 Å². The SMILES string of the molecule is CC=Cc1ccc(OC(=O)c2cncs2)c(OC)c1. The lowest BCUT2D eigenvalue weighted by atomic mass is 10.2. The minimum Gasteiger partial charge on any atom is -0.493 e. The molecule has 0 saturated heterocycles. The molecule has 1 heterocycles. The number of hydrogen-bond acceptors (Lipinski definition) is 5. The van der Waals surface area contributed by atoms with E-state index in [9.17, 15) is 4.79 Å². The standard InChI is InChI=1S/C14H13NO3S/c1-3-4-10-5-6-11(12(7-10)17-2)18-14(16)13-8-15-9-19-13/h3-9H,1-2H3. The molecule has 0 radical (unpaired) electrons. The number of methoxy groups -OCH3 is 1. The molecule has 4 nitrogen and oxygen atoms in total. The summed E-state index contributed by atoms with van der Waals surface area (Å²) in [7, 11) is 1.54. The lowest BCUT2D eigenvalue weighted by Gasteiger charge is -2.09. The number of carbonyl (C=O) groups is 1. The number of benzene rings is 1. The van der Waals surface area contributed by atoms with E-state index >= 15 is 0 Å². The highest BCUT2D eigenvalue weighted by atomic mass is 32.1. The molecule has 0 atom stereocenters. The number of thiazole rings is 1. The van der Waals surface area contributed by atoms with Crippen LogP contribution in [0.2, 0.25) is 0 Å². The van der Waals surface area contributed by atoms with E-state index in [2.05, 4.69) is 4.98 Å². The number of aromatic nitrogens is 1. The van der Waals surface area contributed by atoms with Crippen LogP contribution in [0.4, 0.5) is 0 Å². The zero-order valence-electron chi connectivity index (χ0n) is 10.6. The van der Waals surface area contributed by atoms with E-state index < -0.39 is 5.97 Å². The first-order valence-electron chi connectivity index (χ1n) is 5.66. The van der Waals surface area contributed by atoms with E-state index in [1.54, 1.807) is 18.7 Å². The Morgan fingerprint density at radius 1 is 1.37 bits per heavy atom. The van der Waals surface area contributed by atoms with Crippen molar-refractivity contribution in [1.29, 1.82) is 0 Å². The van der Waals surface area contributed by atoms with Gasteiger partial charge in [-0.3, -0.25) is 4.98 Å². The van der Waals surface area contributed by atoms with Gasteiger partial charge < -0.3 is 9.47 Å². The predicted molar refractivity (Wildman–Crippen MR) is 74.8 cm³/mol. The maximum atomic E-state index is 11.8. The van der Waals surface area contributed by atoms with Gasteiger partial charge in [0.1, 0.15) is 4.88 Å². The number of hydrogen-bond donors (Lipinski definition) is 0. The molecule has 0 saturated carbocycles. The van der Waals surface area contributed by atoms with Gasteiger partial charge in [0.25, 0.3) is 0 Å². The van der Waals surface area contributed by atoms with Crippen LogP contribution in [0.25, 0.3) is 6.08 Å². The van der Waals surface area contributed by atoms with Gasteiger partial charge in [-0.05, 0) is 24.6 Å². The van der Waals surface area contributed by atoms with Gasteiger partial charge in [0.2, 0.25) is 0 Å². The first kappa shape index (κ1) is 13.3. The Balaban J connectivity index is 2.22. The Labute approximate surface area is 115 Å². The van der Waals surface area contributed by atoms with Crippen molar-refractivity contribution in [2.24, 2.45) is 0 Å². The van der Waals surface area contributed by atoms with Gasteiger partial charge in [0.05, 0.1) is 18.8 Å². The molecule has 19 heavy (non-hydrogen) atoms. The van der Waals surface area contributed by atoms with Gasteiger partial charge in [-0.25, -0.2) is 4.79 Å². The largest absolute Gasteiger partial charge is 0.493 e. The Morgan fingerprint density at radius 3 is 2.84 bits per heavy atom. The smallest absolute Gasteiger partial charge is 0.355 e. The van der Waals surface area contributed by atoms with Crippen molar-refractivity contribution in [3.05, 3.63) is 46.4 Å². The van der Waals surface area contributed by atoms with E-state index in [-0.39, 0.29) is 0 Å². The number of esters is 1. The van der Waals surface area contributed by atoms with Crippen LogP contribution >= 0.6 is 11.3 Å². The average Bonchev–Trinajstić information content (AvgIpc) is 2.94. The Morgan fingerprint density at radius 2 is 2.21 bits per heavy atom. The Bertz CT molecular complexity index is 591. The molecule has 0 aliphatic heterocycles. The van der Waals surface area contributed by atoms with Crippen molar-refractivity contribution in [2.75, 3.05) is 7.11 Å². The lowest BCUT2D eigenvalue weighted by molar-refractivity contribution is 0.0734. The molecule has 1 aromatic heterocycles. The molecule has 0 spiro atoms. The summed E-state index contributed by atoms with van der Waals surface area (Å²) in [6, 6.07) is 5.39. The van der Waals surface area contributed by atoms with Crippen LogP contribution in [-0.2, 0) is 0 Å². The topological polar surface area (TPSA) is 48.4 Å². The monoisotopic (exact) mass is 275 g/mol. The molecule has 0 unspecified atom stereocenters. The van der Waals surface area contributed by atoms with Crippen LogP contribution < -0.4 is 9.47 Å². The fourth-order valence-corrected chi connectivity index (χ4v) is 2.03. The molecule has 1 aromatic carbocycles. The highest BCUT2D eigenvalue weighted by Gasteiger charge is 2.13. The second kappa shape index (κ2) is 6.15. The molecule has 2 rings (SSSR count). The van der Waals surface area contributed by atoms with E-state index in [0.717, 1.165) is 5.56 Å². The maximum absolute atomic E-state index is 11.8. The molecule has 0 bridgehead atoms. The summed E-state index contributed by atoms with van der Waals surface area (Å²) in [4.78, 5) is 16.1. The second-order valence-corrected chi connectivity index (χ2v) is 4.55. The molecule has 0 fully saturated rings. The van der Waals surface area contributed by atoms with Crippen molar-refractivity contribution in [3.63, 3.8) is 0 Å². The summed E-state index contributed by atoms with van der Waals surface area (Å²) >= 11 is 1.24. The zero-order chi connectivity index (χ0) is 13.7. The molecule has 0 amide bonds. The van der Waals surface area contributed by atoms with Gasteiger partial charge in [-0.1, -0.05) is 18.2 Å². The number of allylic oxidation sites excluding steroid dienone is 1. The van der Waals surface area contributed by atoms with E-state index in [1.807, 2.05) is 31.2 Å². The van der Waals surface area contributed by atoms with Crippen molar-refractivity contribution >= 4 is 23.4 Å². The molecule has 0 N–H and O–H groups in total. The van der Waals surface area contributed by atoms with Gasteiger partial charge in [0, 0.05) is 0 Å². The second-order valence-electron chi connectivity index (χ2n) is 3.67. The van der Waals surface area contributed by atoms with Crippen LogP contribution in [0.3, 0.4) is 0 Å². The van der Waals surface area contributed by atoms with Crippen LogP contribution in [-0.4, -0.2) is 18.1 Å². The quantitative estimate of drug-likeness (QED) is 0.634. The summed E-state index contributed by atoms with van der Waals surface area (Å²) in [5.74, 6) is 0.488. The molecule has 0 aliphatic rings. The first-order valence-corrected chi connectivity index (χ1v) is 6.54. The highest BCUT2D eigenvalue weighted by Crippen LogP contribution is 2.29. The normalized spacial score (nSPS) is 10.6. The third-order valence-corrected chi connectivity index (χ3v) is 3.14. The van der Waals surface area contributed by atoms with Gasteiger partial charge in [0.15, 0.2) is 11.5 Å². The molecule has 5 heteroatoms. The van der Waals surface area contributed by atoms with Gasteiger partial charge in [-0.2, -0.15) is 0 Å². The Kier molecular flexibility index (Phi) is 4.30. The fourth-order valence-electron chi connectivity index (χ4n) is 1.53. The van der Waals surface area contributed by atoms with Crippen molar-refractivity contribution in [3.8, 4) is 11.5 Å². The third-order valence-electron chi connectivity index (χ3n) is 2.38. The Hall–Kier alpha value is -2.14. The van der Waals surface area contributed by atoms with E-state index in [4.69, 9.17) is 9.47 Å². The molecular formula is C14H13NO3S. The first-order chi connectivity index (χ1) is 9.24. The summed E-state index contributed by atoms with van der Waals surface area (Å²) in [6.45, 7) is 1.93. The van der Waals surface area contributed by atoms with Crippen LogP contribution in [0, 0.1) is 0 Å². The van der Waals surface area contributed by atoms with Crippen molar-refractivity contribution in [1.82, 2.24) is 4.98 Å². The minimum absolute atomic E-state index is 0.397. The van der Waals surface area contributed by atoms with Crippen LogP contribution in [0.5, 0.6) is 11.5 Å². The van der Waals surface area contributed by atoms with Crippen molar-refractivity contribution < 1.29 is 14.3 Å². The highest BCUT2D eigenvalue weighted by molar-refractivity contribution is 7.11. The minimum atomic E-state index is -0.431. The molecular weight excluding hydrogens is 262 g/mol. The summed E-state index contributed by atoms with van der Waals surface area (Å²) in [6.07, 6.45) is 5.35. The lowest BCUT2D eigenvalue weighted by Crippen LogP contribution is -2.07. The number of carbonyl (C=O) groups excluding carboxylic acids is 1. The van der Waals surface area contributed by atoms with Crippen LogP contribution in [0.1, 0.15) is 22.2 Å². The number of ether oxygens (including phenoxy) is 2. The predicted octanol–water partition coefficient (Wildman–Crippen LogP) is 3.40. The fraction of sp³-hybridized carbons (Fsp3) is 0.143. The summed E-state index contributed by atoms with van der Waals surface area (Å²) in [5.41, 5.74) is 2.57. The number of rotatable bonds is 4. The molecule has 98 valence electrons. The van der Waals surface area contributed by atoms with Gasteiger partial charge >= 0.3 is 5.97 Å². The van der Waals surface area contributed by atoms with E-state index in [1.165, 1.54) is 17.5 Å². The summed E-state index contributed by atoms with van der Waals surface area (Å²) < 4.78 is 10.5. The van der Waals surface area contributed by atoms with Crippen LogP contribution in [0.15, 0.2) is 36.0 Å². The third kappa shape index (κ3) is 3.20. The number of nitrogens with zero attached hydrogens (tertiary/aromatic N) is 1.